The Labute approximate surface area is 122 Å². The van der Waals surface area contributed by atoms with Crippen molar-refractivity contribution in [3.8, 4) is 0 Å². The fourth-order valence-corrected chi connectivity index (χ4v) is 3.62. The van der Waals surface area contributed by atoms with E-state index in [1.807, 2.05) is 0 Å². The highest BCUT2D eigenvalue weighted by Crippen LogP contribution is 2.25. The van der Waals surface area contributed by atoms with Crippen LogP contribution in [-0.2, 0) is 12.8 Å². The van der Waals surface area contributed by atoms with Crippen LogP contribution in [0.1, 0.15) is 64.1 Å². The zero-order chi connectivity index (χ0) is 14.1. The lowest BCUT2D eigenvalue weighted by Crippen LogP contribution is -2.38. The Kier molecular flexibility index (Phi) is 4.11. The smallest absolute Gasteiger partial charge is 0.151 e. The fraction of sp³-hybridized carbons (Fsp3) is 0.875. The fourth-order valence-electron chi connectivity index (χ4n) is 3.62. The molecule has 2 aliphatic heterocycles. The Bertz CT molecular complexity index is 443. The minimum absolute atomic E-state index is 0.544. The second-order valence-electron chi connectivity index (χ2n) is 6.91. The van der Waals surface area contributed by atoms with Crippen LogP contribution in [0.2, 0.25) is 0 Å². The molecule has 4 nitrogen and oxygen atoms in total. The maximum absolute atomic E-state index is 4.79. The number of piperidine rings is 1. The van der Waals surface area contributed by atoms with Crippen LogP contribution < -0.4 is 0 Å². The third-order valence-electron chi connectivity index (χ3n) is 5.04. The molecule has 0 bridgehead atoms. The van der Waals surface area contributed by atoms with Crippen molar-refractivity contribution < 1.29 is 0 Å². The van der Waals surface area contributed by atoms with E-state index in [1.54, 1.807) is 0 Å². The van der Waals surface area contributed by atoms with Gasteiger partial charge in [-0.3, -0.25) is 0 Å². The van der Waals surface area contributed by atoms with Crippen LogP contribution in [0.15, 0.2) is 0 Å². The number of nitrogens with zero attached hydrogens (tertiary/aromatic N) is 4. The molecule has 0 amide bonds. The molecule has 20 heavy (non-hydrogen) atoms. The molecule has 1 unspecified atom stereocenters. The van der Waals surface area contributed by atoms with Gasteiger partial charge in [-0.2, -0.15) is 5.10 Å². The highest BCUT2D eigenvalue weighted by molar-refractivity contribution is 4.99. The van der Waals surface area contributed by atoms with Crippen LogP contribution in [0.3, 0.4) is 0 Å². The second kappa shape index (κ2) is 5.84. The number of aryl methyl sites for hydroxylation is 1. The van der Waals surface area contributed by atoms with Gasteiger partial charge in [-0.1, -0.05) is 0 Å². The van der Waals surface area contributed by atoms with Gasteiger partial charge < -0.3 is 4.90 Å². The van der Waals surface area contributed by atoms with Gasteiger partial charge in [-0.05, 0) is 65.5 Å². The molecule has 0 aliphatic carbocycles. The summed E-state index contributed by atoms with van der Waals surface area (Å²) in [4.78, 5) is 7.38. The molecule has 1 atom stereocenters. The van der Waals surface area contributed by atoms with Crippen molar-refractivity contribution in [2.75, 3.05) is 13.1 Å². The van der Waals surface area contributed by atoms with Gasteiger partial charge in [0.2, 0.25) is 0 Å². The van der Waals surface area contributed by atoms with E-state index >= 15 is 0 Å². The third kappa shape index (κ3) is 2.90. The van der Waals surface area contributed by atoms with E-state index in [9.17, 15) is 0 Å². The standard InChI is InChI=1S/C16H28N4/c1-12(2)19-9-7-14(8-10-19)11-15-17-16-6-4-5-13(3)20(16)18-15/h12-14H,4-11H2,1-3H3. The molecule has 112 valence electrons. The van der Waals surface area contributed by atoms with Crippen molar-refractivity contribution in [2.24, 2.45) is 5.92 Å². The predicted molar refractivity (Wildman–Crippen MR) is 80.8 cm³/mol. The number of rotatable bonds is 3. The Morgan fingerprint density at radius 3 is 2.60 bits per heavy atom. The lowest BCUT2D eigenvalue weighted by atomic mass is 9.93. The Morgan fingerprint density at radius 1 is 1.20 bits per heavy atom. The Balaban J connectivity index is 1.59. The van der Waals surface area contributed by atoms with Crippen LogP contribution in [0.5, 0.6) is 0 Å². The molecular weight excluding hydrogens is 248 g/mol. The summed E-state index contributed by atoms with van der Waals surface area (Å²) in [5, 5.41) is 4.77. The molecule has 1 aromatic heterocycles. The van der Waals surface area contributed by atoms with E-state index in [1.165, 1.54) is 44.6 Å². The van der Waals surface area contributed by atoms with Gasteiger partial charge in [-0.15, -0.1) is 0 Å². The number of aromatic nitrogens is 3. The first kappa shape index (κ1) is 14.1. The summed E-state index contributed by atoms with van der Waals surface area (Å²) in [6.07, 6.45) is 7.33. The summed E-state index contributed by atoms with van der Waals surface area (Å²) in [7, 11) is 0. The minimum atomic E-state index is 0.544. The summed E-state index contributed by atoms with van der Waals surface area (Å²) in [5.74, 6) is 3.10. The first-order chi connectivity index (χ1) is 9.63. The third-order valence-corrected chi connectivity index (χ3v) is 5.04. The first-order valence-electron chi connectivity index (χ1n) is 8.32. The van der Waals surface area contributed by atoms with Crippen molar-refractivity contribution in [3.63, 3.8) is 0 Å². The van der Waals surface area contributed by atoms with E-state index in [0.29, 0.717) is 12.1 Å². The predicted octanol–water partition coefficient (Wildman–Crippen LogP) is 2.84. The largest absolute Gasteiger partial charge is 0.301 e. The molecule has 0 aromatic carbocycles. The molecule has 4 heteroatoms. The highest BCUT2D eigenvalue weighted by Gasteiger charge is 2.24. The lowest BCUT2D eigenvalue weighted by Gasteiger charge is -2.34. The van der Waals surface area contributed by atoms with E-state index in [2.05, 4.69) is 30.4 Å². The number of hydrogen-bond acceptors (Lipinski definition) is 3. The first-order valence-corrected chi connectivity index (χ1v) is 8.32. The zero-order valence-electron chi connectivity index (χ0n) is 13.2. The molecule has 1 fully saturated rings. The average molecular weight is 276 g/mol. The molecule has 0 spiro atoms. The van der Waals surface area contributed by atoms with Crippen LogP contribution in [0.25, 0.3) is 0 Å². The van der Waals surface area contributed by atoms with Crippen molar-refractivity contribution in [1.82, 2.24) is 19.7 Å². The van der Waals surface area contributed by atoms with Crippen molar-refractivity contribution >= 4 is 0 Å². The van der Waals surface area contributed by atoms with Gasteiger partial charge >= 0.3 is 0 Å². The zero-order valence-corrected chi connectivity index (χ0v) is 13.2. The van der Waals surface area contributed by atoms with Crippen molar-refractivity contribution in [2.45, 2.75) is 71.4 Å². The summed E-state index contributed by atoms with van der Waals surface area (Å²) in [6, 6.07) is 1.23. The molecule has 3 rings (SSSR count). The maximum Gasteiger partial charge on any atom is 0.151 e. The van der Waals surface area contributed by atoms with Gasteiger partial charge in [0.05, 0.1) is 6.04 Å². The summed E-state index contributed by atoms with van der Waals surface area (Å²) in [5.41, 5.74) is 0. The maximum atomic E-state index is 4.79. The van der Waals surface area contributed by atoms with Crippen LogP contribution in [0, 0.1) is 5.92 Å². The summed E-state index contributed by atoms with van der Waals surface area (Å²) >= 11 is 0. The molecule has 0 N–H and O–H groups in total. The Morgan fingerprint density at radius 2 is 1.95 bits per heavy atom. The summed E-state index contributed by atoms with van der Waals surface area (Å²) in [6.45, 7) is 9.35. The topological polar surface area (TPSA) is 34.0 Å². The quantitative estimate of drug-likeness (QED) is 0.851. The van der Waals surface area contributed by atoms with Gasteiger partial charge in [0, 0.05) is 18.9 Å². The number of likely N-dealkylation sites (tertiary alicyclic amines) is 1. The molecule has 1 aromatic rings. The molecule has 0 radical (unpaired) electrons. The molecule has 2 aliphatic rings. The minimum Gasteiger partial charge on any atom is -0.301 e. The highest BCUT2D eigenvalue weighted by atomic mass is 15.4. The van der Waals surface area contributed by atoms with Crippen LogP contribution in [-0.4, -0.2) is 38.8 Å². The van der Waals surface area contributed by atoms with Crippen LogP contribution >= 0.6 is 0 Å². The number of hydrogen-bond donors (Lipinski definition) is 0. The molecule has 3 heterocycles. The molecular formula is C16H28N4. The van der Waals surface area contributed by atoms with Crippen LogP contribution in [0.4, 0.5) is 0 Å². The normalized spacial score (nSPS) is 25.1. The van der Waals surface area contributed by atoms with E-state index in [4.69, 9.17) is 10.1 Å². The molecule has 0 saturated carbocycles. The summed E-state index contributed by atoms with van der Waals surface area (Å²) < 4.78 is 2.18. The lowest BCUT2D eigenvalue weighted by molar-refractivity contribution is 0.148. The van der Waals surface area contributed by atoms with Gasteiger partial charge in [0.1, 0.15) is 5.82 Å². The molecule has 1 saturated heterocycles. The Hall–Kier alpha value is -0.900. The number of fused-ring (bicyclic) bond motifs is 1. The van der Waals surface area contributed by atoms with Gasteiger partial charge in [0.15, 0.2) is 5.82 Å². The second-order valence-corrected chi connectivity index (χ2v) is 6.91. The average Bonchev–Trinajstić information content (AvgIpc) is 2.83. The van der Waals surface area contributed by atoms with Gasteiger partial charge in [-0.25, -0.2) is 9.67 Å². The monoisotopic (exact) mass is 276 g/mol. The van der Waals surface area contributed by atoms with E-state index < -0.39 is 0 Å². The SMILES string of the molecule is CC(C)N1CCC(Cc2nc3n(n2)C(C)CCC3)CC1. The van der Waals surface area contributed by atoms with E-state index in [0.717, 1.165) is 24.6 Å². The van der Waals surface area contributed by atoms with Gasteiger partial charge in [0.25, 0.3) is 0 Å². The van der Waals surface area contributed by atoms with Crippen molar-refractivity contribution in [1.29, 1.82) is 0 Å². The van der Waals surface area contributed by atoms with Crippen molar-refractivity contribution in [3.05, 3.63) is 11.6 Å². The van der Waals surface area contributed by atoms with E-state index in [-0.39, 0.29) is 0 Å².